The second kappa shape index (κ2) is 9.74. The maximum Gasteiger partial charge on any atom is 0.140 e. The Bertz CT molecular complexity index is 650. The van der Waals surface area contributed by atoms with E-state index in [0.29, 0.717) is 23.6 Å². The van der Waals surface area contributed by atoms with Crippen molar-refractivity contribution >= 4 is 35.3 Å². The van der Waals surface area contributed by atoms with E-state index in [4.69, 9.17) is 27.1 Å². The Morgan fingerprint density at radius 2 is 2.12 bits per heavy atom. The average Bonchev–Trinajstić information content (AvgIpc) is 3.03. The molecule has 1 aromatic heterocycles. The summed E-state index contributed by atoms with van der Waals surface area (Å²) >= 11 is 7.53. The highest BCUT2D eigenvalue weighted by atomic mass is 35.5. The van der Waals surface area contributed by atoms with E-state index in [-0.39, 0.29) is 12.4 Å². The van der Waals surface area contributed by atoms with Gasteiger partial charge in [0.2, 0.25) is 0 Å². The van der Waals surface area contributed by atoms with E-state index in [1.54, 1.807) is 11.3 Å². The van der Waals surface area contributed by atoms with E-state index < -0.39 is 0 Å². The molecule has 0 amide bonds. The van der Waals surface area contributed by atoms with Crippen molar-refractivity contribution in [2.24, 2.45) is 11.7 Å². The second-order valence-electron chi connectivity index (χ2n) is 6.33. The zero-order valence-corrected chi connectivity index (χ0v) is 16.7. The number of hydrogen-bond acceptors (Lipinski definition) is 5. The molecule has 2 unspecified atom stereocenters. The van der Waals surface area contributed by atoms with Crippen molar-refractivity contribution in [3.63, 3.8) is 0 Å². The molecule has 7 heteroatoms. The molecule has 2 atom stereocenters. The van der Waals surface area contributed by atoms with E-state index >= 15 is 0 Å². The Labute approximate surface area is 164 Å². The Morgan fingerprint density at radius 3 is 2.84 bits per heavy atom. The number of aromatic nitrogens is 1. The van der Waals surface area contributed by atoms with E-state index in [1.165, 1.54) is 0 Å². The lowest BCUT2D eigenvalue weighted by atomic mass is 9.91. The van der Waals surface area contributed by atoms with Crippen molar-refractivity contribution in [1.82, 2.24) is 9.88 Å². The molecular weight excluding hydrogens is 377 g/mol. The highest BCUT2D eigenvalue weighted by Gasteiger charge is 2.25. The fourth-order valence-corrected chi connectivity index (χ4v) is 3.92. The Kier molecular flexibility index (Phi) is 7.97. The molecule has 0 spiro atoms. The molecule has 2 aromatic rings. The van der Waals surface area contributed by atoms with Gasteiger partial charge in [0, 0.05) is 36.1 Å². The topological polar surface area (TPSA) is 51.4 Å². The van der Waals surface area contributed by atoms with Crippen molar-refractivity contribution in [2.45, 2.75) is 39.0 Å². The van der Waals surface area contributed by atoms with Crippen LogP contribution in [0.3, 0.4) is 0 Å². The fourth-order valence-electron chi connectivity index (χ4n) is 3.09. The van der Waals surface area contributed by atoms with Gasteiger partial charge >= 0.3 is 0 Å². The number of nitrogens with two attached hydrogens (primary N) is 1. The van der Waals surface area contributed by atoms with Crippen LogP contribution in [0, 0.1) is 5.92 Å². The zero-order chi connectivity index (χ0) is 16.9. The lowest BCUT2D eigenvalue weighted by Gasteiger charge is -2.36. The number of thiazole rings is 1. The number of hydrogen-bond donors (Lipinski definition) is 1. The number of likely N-dealkylation sites (tertiary alicyclic amines) is 1. The van der Waals surface area contributed by atoms with Gasteiger partial charge in [-0.1, -0.05) is 24.9 Å². The van der Waals surface area contributed by atoms with E-state index in [0.717, 1.165) is 48.9 Å². The molecule has 1 aliphatic rings. The van der Waals surface area contributed by atoms with Crippen molar-refractivity contribution in [1.29, 1.82) is 0 Å². The Balaban J connectivity index is 0.00000225. The first-order valence-corrected chi connectivity index (χ1v) is 9.69. The second-order valence-corrected chi connectivity index (χ2v) is 7.71. The van der Waals surface area contributed by atoms with Gasteiger partial charge in [-0.15, -0.1) is 23.7 Å². The number of nitrogens with zero attached hydrogens (tertiary/aromatic N) is 2. The standard InChI is InChI=1S/C18H24ClN3OS.ClH/c1-2-13-9-22(8-7-17(13)20)10-15-12-24-18(21-15)11-23-16-5-3-14(19)4-6-16;/h3-6,12-13,17H,2,7-11,20H2,1H3;1H. The van der Waals surface area contributed by atoms with Crippen LogP contribution in [-0.4, -0.2) is 29.0 Å². The smallest absolute Gasteiger partial charge is 0.140 e. The lowest BCUT2D eigenvalue weighted by Crippen LogP contribution is -2.46. The molecule has 0 aliphatic carbocycles. The highest BCUT2D eigenvalue weighted by Crippen LogP contribution is 2.22. The predicted molar refractivity (Wildman–Crippen MR) is 107 cm³/mol. The van der Waals surface area contributed by atoms with Crippen LogP contribution in [-0.2, 0) is 13.2 Å². The van der Waals surface area contributed by atoms with E-state index in [2.05, 4.69) is 17.2 Å². The van der Waals surface area contributed by atoms with Crippen LogP contribution in [0.4, 0.5) is 0 Å². The maximum absolute atomic E-state index is 6.19. The molecule has 0 bridgehead atoms. The molecule has 4 nitrogen and oxygen atoms in total. The highest BCUT2D eigenvalue weighted by molar-refractivity contribution is 7.09. The number of benzene rings is 1. The van der Waals surface area contributed by atoms with Crippen molar-refractivity contribution in [2.75, 3.05) is 13.1 Å². The number of piperidine rings is 1. The average molecular weight is 402 g/mol. The summed E-state index contributed by atoms with van der Waals surface area (Å²) in [4.78, 5) is 7.17. The fraction of sp³-hybridized carbons (Fsp3) is 0.500. The van der Waals surface area contributed by atoms with Crippen LogP contribution < -0.4 is 10.5 Å². The van der Waals surface area contributed by atoms with E-state index in [9.17, 15) is 0 Å². The predicted octanol–water partition coefficient (Wildman–Crippen LogP) is 4.36. The third-order valence-electron chi connectivity index (χ3n) is 4.56. The van der Waals surface area contributed by atoms with Crippen molar-refractivity contribution < 1.29 is 4.74 Å². The molecule has 1 aromatic carbocycles. The molecule has 2 N–H and O–H groups in total. The van der Waals surface area contributed by atoms with Gasteiger partial charge in [-0.05, 0) is 36.6 Å². The third-order valence-corrected chi connectivity index (χ3v) is 5.69. The van der Waals surface area contributed by atoms with Gasteiger partial charge in [0.25, 0.3) is 0 Å². The third kappa shape index (κ3) is 5.83. The molecular formula is C18H25Cl2N3OS. The summed E-state index contributed by atoms with van der Waals surface area (Å²) < 4.78 is 5.76. The molecule has 25 heavy (non-hydrogen) atoms. The molecule has 0 saturated carbocycles. The van der Waals surface area contributed by atoms with Gasteiger partial charge in [-0.25, -0.2) is 4.98 Å². The van der Waals surface area contributed by atoms with E-state index in [1.807, 2.05) is 24.3 Å². The van der Waals surface area contributed by atoms with Crippen LogP contribution in [0.2, 0.25) is 5.02 Å². The summed E-state index contributed by atoms with van der Waals surface area (Å²) in [5.41, 5.74) is 7.31. The Hall–Kier alpha value is -0.850. The molecule has 3 rings (SSSR count). The SMILES string of the molecule is CCC1CN(Cc2csc(COc3ccc(Cl)cc3)n2)CCC1N.Cl. The maximum atomic E-state index is 6.19. The molecule has 138 valence electrons. The van der Waals surface area contributed by atoms with Crippen LogP contribution >= 0.6 is 35.3 Å². The quantitative estimate of drug-likeness (QED) is 0.780. The summed E-state index contributed by atoms with van der Waals surface area (Å²) in [6.45, 7) is 5.76. The van der Waals surface area contributed by atoms with Gasteiger partial charge in [0.05, 0.1) is 5.69 Å². The summed E-state index contributed by atoms with van der Waals surface area (Å²) in [6.07, 6.45) is 2.23. The van der Waals surface area contributed by atoms with Crippen LogP contribution in [0.25, 0.3) is 0 Å². The minimum absolute atomic E-state index is 0. The molecule has 1 aliphatic heterocycles. The van der Waals surface area contributed by atoms with Crippen LogP contribution in [0.1, 0.15) is 30.5 Å². The normalized spacial score (nSPS) is 20.9. The number of ether oxygens (including phenoxy) is 1. The summed E-state index contributed by atoms with van der Waals surface area (Å²) in [5.74, 6) is 1.41. The Morgan fingerprint density at radius 1 is 1.36 bits per heavy atom. The molecule has 1 fully saturated rings. The largest absolute Gasteiger partial charge is 0.486 e. The molecule has 2 heterocycles. The van der Waals surface area contributed by atoms with Crippen molar-refractivity contribution in [3.8, 4) is 5.75 Å². The van der Waals surface area contributed by atoms with Gasteiger partial charge < -0.3 is 10.5 Å². The van der Waals surface area contributed by atoms with Gasteiger partial charge in [0.15, 0.2) is 0 Å². The summed E-state index contributed by atoms with van der Waals surface area (Å²) in [6, 6.07) is 7.76. The first-order chi connectivity index (χ1) is 11.6. The van der Waals surface area contributed by atoms with Gasteiger partial charge in [-0.3, -0.25) is 4.90 Å². The van der Waals surface area contributed by atoms with Gasteiger partial charge in [-0.2, -0.15) is 0 Å². The monoisotopic (exact) mass is 401 g/mol. The summed E-state index contributed by atoms with van der Waals surface area (Å²) in [7, 11) is 0. The minimum Gasteiger partial charge on any atom is -0.486 e. The molecule has 1 saturated heterocycles. The zero-order valence-electron chi connectivity index (χ0n) is 14.4. The van der Waals surface area contributed by atoms with Crippen molar-refractivity contribution in [3.05, 3.63) is 45.4 Å². The molecule has 0 radical (unpaired) electrons. The number of rotatable bonds is 6. The van der Waals surface area contributed by atoms with Crippen LogP contribution in [0.5, 0.6) is 5.75 Å². The van der Waals surface area contributed by atoms with Gasteiger partial charge in [0.1, 0.15) is 17.4 Å². The summed E-state index contributed by atoms with van der Waals surface area (Å²) in [5, 5.41) is 3.85. The first kappa shape index (κ1) is 20.5. The first-order valence-electron chi connectivity index (χ1n) is 8.43. The number of halogens is 2. The minimum atomic E-state index is 0. The van der Waals surface area contributed by atoms with Crippen LogP contribution in [0.15, 0.2) is 29.6 Å². The lowest BCUT2D eigenvalue weighted by molar-refractivity contribution is 0.144.